The molecule has 5 nitrogen and oxygen atoms in total. The van der Waals surface area contributed by atoms with Gasteiger partial charge in [-0.25, -0.2) is 19.2 Å². The number of esters is 1. The Hall–Kier alpha value is -2.50. The second-order valence-corrected chi connectivity index (χ2v) is 6.77. The quantitative estimate of drug-likeness (QED) is 0.522. The van der Waals surface area contributed by atoms with Crippen molar-refractivity contribution in [2.24, 2.45) is 0 Å². The third-order valence-electron chi connectivity index (χ3n) is 3.31. The van der Waals surface area contributed by atoms with E-state index in [0.29, 0.717) is 16.8 Å². The number of nitrogens with zero attached hydrogens (tertiary/aromatic N) is 3. The van der Waals surface area contributed by atoms with Crippen LogP contribution >= 0.6 is 23.1 Å². The number of carbonyl (C=O) groups is 1. The summed E-state index contributed by atoms with van der Waals surface area (Å²) in [4.78, 5) is 20.7. The van der Waals surface area contributed by atoms with Crippen molar-refractivity contribution >= 4 is 39.4 Å². The summed E-state index contributed by atoms with van der Waals surface area (Å²) in [5.74, 6) is -1.23. The molecule has 1 aromatic carbocycles. The molecule has 8 heteroatoms. The average molecular weight is 359 g/mol. The normalized spacial score (nSPS) is 10.6. The second-order valence-electron chi connectivity index (χ2n) is 4.69. The lowest BCUT2D eigenvalue weighted by atomic mass is 10.0. The summed E-state index contributed by atoms with van der Waals surface area (Å²) in [6.45, 7) is 0. The molecule has 3 aromatic rings. The van der Waals surface area contributed by atoms with Gasteiger partial charge in [-0.15, -0.1) is 11.3 Å². The van der Waals surface area contributed by atoms with Gasteiger partial charge in [-0.3, -0.25) is 0 Å². The number of benzene rings is 1. The van der Waals surface area contributed by atoms with Gasteiger partial charge in [-0.2, -0.15) is 5.26 Å². The van der Waals surface area contributed by atoms with E-state index >= 15 is 0 Å². The molecular weight excluding hydrogens is 349 g/mol. The van der Waals surface area contributed by atoms with E-state index in [-0.39, 0.29) is 11.3 Å². The Morgan fingerprint density at radius 1 is 1.38 bits per heavy atom. The van der Waals surface area contributed by atoms with Crippen molar-refractivity contribution in [1.82, 2.24) is 9.97 Å². The molecule has 0 aliphatic carbocycles. The fourth-order valence-corrected chi connectivity index (χ4v) is 3.64. The highest BCUT2D eigenvalue weighted by molar-refractivity contribution is 8.00. The summed E-state index contributed by atoms with van der Waals surface area (Å²) < 4.78 is 20.0. The molecule has 2 heterocycles. The number of halogens is 1. The standard InChI is InChI=1S/C16H10FN3O2S2/c1-22-15(21)13-10(8-3-4-11(17)9(5-8)7-18)6-12-14(19-13)20-16(23-2)24-12/h3-6H,1-2H3. The number of nitriles is 1. The van der Waals surface area contributed by atoms with E-state index < -0.39 is 11.8 Å². The second kappa shape index (κ2) is 6.55. The Morgan fingerprint density at radius 3 is 2.83 bits per heavy atom. The number of fused-ring (bicyclic) bond motifs is 1. The minimum absolute atomic E-state index is 0.0819. The zero-order valence-corrected chi connectivity index (χ0v) is 14.3. The lowest BCUT2D eigenvalue weighted by molar-refractivity contribution is 0.0595. The fraction of sp³-hybridized carbons (Fsp3) is 0.125. The summed E-state index contributed by atoms with van der Waals surface area (Å²) in [6.07, 6.45) is 1.90. The Balaban J connectivity index is 2.28. The van der Waals surface area contributed by atoms with Gasteiger partial charge < -0.3 is 4.74 Å². The molecule has 0 N–H and O–H groups in total. The van der Waals surface area contributed by atoms with Crippen LogP contribution in [-0.4, -0.2) is 29.3 Å². The van der Waals surface area contributed by atoms with Gasteiger partial charge in [0.15, 0.2) is 15.7 Å². The molecule has 0 fully saturated rings. The van der Waals surface area contributed by atoms with Crippen LogP contribution in [0, 0.1) is 17.1 Å². The Morgan fingerprint density at radius 2 is 2.17 bits per heavy atom. The number of aromatic nitrogens is 2. The molecule has 0 aliphatic heterocycles. The zero-order valence-electron chi connectivity index (χ0n) is 12.7. The molecule has 0 atom stereocenters. The Labute approximate surface area is 145 Å². The molecule has 0 radical (unpaired) electrons. The first-order valence-corrected chi connectivity index (χ1v) is 8.75. The molecule has 0 saturated carbocycles. The number of thiazole rings is 1. The van der Waals surface area contributed by atoms with Crippen LogP contribution in [0.1, 0.15) is 16.1 Å². The van der Waals surface area contributed by atoms with Crippen LogP contribution in [-0.2, 0) is 4.74 Å². The first-order chi connectivity index (χ1) is 11.6. The summed E-state index contributed by atoms with van der Waals surface area (Å²) in [5, 5.41) is 9.01. The number of hydrogen-bond acceptors (Lipinski definition) is 7. The molecule has 0 unspecified atom stereocenters. The molecule has 0 bridgehead atoms. The predicted octanol–water partition coefficient (Wildman–Crippen LogP) is 3.88. The highest BCUT2D eigenvalue weighted by Gasteiger charge is 2.19. The van der Waals surface area contributed by atoms with Crippen molar-refractivity contribution in [2.75, 3.05) is 13.4 Å². The first-order valence-electron chi connectivity index (χ1n) is 6.71. The van der Waals surface area contributed by atoms with Crippen molar-refractivity contribution < 1.29 is 13.9 Å². The molecular formula is C16H10FN3O2S2. The number of rotatable bonds is 3. The fourth-order valence-electron chi connectivity index (χ4n) is 2.18. The van der Waals surface area contributed by atoms with Gasteiger partial charge in [0.1, 0.15) is 11.9 Å². The van der Waals surface area contributed by atoms with Crippen LogP contribution in [0.3, 0.4) is 0 Å². The maximum absolute atomic E-state index is 13.6. The minimum Gasteiger partial charge on any atom is -0.464 e. The van der Waals surface area contributed by atoms with Crippen molar-refractivity contribution in [3.8, 4) is 17.2 Å². The lowest BCUT2D eigenvalue weighted by Gasteiger charge is -2.08. The highest BCUT2D eigenvalue weighted by Crippen LogP contribution is 2.33. The van der Waals surface area contributed by atoms with Gasteiger partial charge in [0.25, 0.3) is 0 Å². The minimum atomic E-state index is -0.617. The molecule has 24 heavy (non-hydrogen) atoms. The molecule has 0 spiro atoms. The zero-order chi connectivity index (χ0) is 17.3. The molecule has 3 rings (SSSR count). The maximum atomic E-state index is 13.6. The number of pyridine rings is 1. The van der Waals surface area contributed by atoms with Crippen LogP contribution < -0.4 is 0 Å². The van der Waals surface area contributed by atoms with E-state index in [2.05, 4.69) is 9.97 Å². The van der Waals surface area contributed by atoms with Gasteiger partial charge >= 0.3 is 5.97 Å². The molecule has 0 amide bonds. The van der Waals surface area contributed by atoms with E-state index in [4.69, 9.17) is 10.00 Å². The summed E-state index contributed by atoms with van der Waals surface area (Å²) in [5.41, 5.74) is 1.43. The Bertz CT molecular complexity index is 995. The number of hydrogen-bond donors (Lipinski definition) is 0. The van der Waals surface area contributed by atoms with Crippen molar-refractivity contribution in [2.45, 2.75) is 4.34 Å². The number of thioether (sulfide) groups is 1. The smallest absolute Gasteiger partial charge is 0.357 e. The van der Waals surface area contributed by atoms with Crippen molar-refractivity contribution in [1.29, 1.82) is 5.26 Å². The Kier molecular flexibility index (Phi) is 4.46. The van der Waals surface area contributed by atoms with Gasteiger partial charge in [0, 0.05) is 5.56 Å². The SMILES string of the molecule is COC(=O)c1nc2nc(SC)sc2cc1-c1ccc(F)c(C#N)c1. The molecule has 120 valence electrons. The molecule has 0 aliphatic rings. The number of methoxy groups -OCH3 is 1. The van der Waals surface area contributed by atoms with Crippen LogP contribution in [0.5, 0.6) is 0 Å². The number of carbonyl (C=O) groups excluding carboxylic acids is 1. The van der Waals surface area contributed by atoms with E-state index in [1.807, 2.05) is 6.26 Å². The maximum Gasteiger partial charge on any atom is 0.357 e. The summed E-state index contributed by atoms with van der Waals surface area (Å²) in [7, 11) is 1.26. The average Bonchev–Trinajstić information content (AvgIpc) is 3.02. The highest BCUT2D eigenvalue weighted by atomic mass is 32.2. The first kappa shape index (κ1) is 16.4. The molecule has 2 aromatic heterocycles. The predicted molar refractivity (Wildman–Crippen MR) is 90.6 cm³/mol. The van der Waals surface area contributed by atoms with E-state index in [9.17, 15) is 9.18 Å². The lowest BCUT2D eigenvalue weighted by Crippen LogP contribution is -2.07. The topological polar surface area (TPSA) is 75.9 Å². The monoisotopic (exact) mass is 359 g/mol. The van der Waals surface area contributed by atoms with E-state index in [1.54, 1.807) is 12.1 Å². The van der Waals surface area contributed by atoms with E-state index in [1.165, 1.54) is 48.4 Å². The largest absolute Gasteiger partial charge is 0.464 e. The summed E-state index contributed by atoms with van der Waals surface area (Å²) >= 11 is 2.93. The van der Waals surface area contributed by atoms with Crippen molar-refractivity contribution in [3.63, 3.8) is 0 Å². The van der Waals surface area contributed by atoms with E-state index in [0.717, 1.165) is 9.04 Å². The van der Waals surface area contributed by atoms with Gasteiger partial charge in [0.05, 0.1) is 17.4 Å². The van der Waals surface area contributed by atoms with Crippen LogP contribution in [0.15, 0.2) is 28.6 Å². The number of ether oxygens (including phenoxy) is 1. The van der Waals surface area contributed by atoms with Gasteiger partial charge in [-0.1, -0.05) is 17.8 Å². The third kappa shape index (κ3) is 2.84. The summed E-state index contributed by atoms with van der Waals surface area (Å²) in [6, 6.07) is 7.64. The van der Waals surface area contributed by atoms with Crippen LogP contribution in [0.4, 0.5) is 4.39 Å². The van der Waals surface area contributed by atoms with Gasteiger partial charge in [-0.05, 0) is 30.0 Å². The third-order valence-corrected chi connectivity index (χ3v) is 5.29. The van der Waals surface area contributed by atoms with Gasteiger partial charge in [0.2, 0.25) is 0 Å². The molecule has 0 saturated heterocycles. The van der Waals surface area contributed by atoms with Crippen LogP contribution in [0.25, 0.3) is 21.5 Å². The van der Waals surface area contributed by atoms with Crippen LogP contribution in [0.2, 0.25) is 0 Å². The van der Waals surface area contributed by atoms with Crippen molar-refractivity contribution in [3.05, 3.63) is 41.3 Å².